The van der Waals surface area contributed by atoms with Crippen LogP contribution in [0.4, 0.5) is 0 Å². The molecule has 0 spiro atoms. The molecule has 7 nitrogen and oxygen atoms in total. The summed E-state index contributed by atoms with van der Waals surface area (Å²) in [7, 11) is -0.868. The van der Waals surface area contributed by atoms with Gasteiger partial charge in [-0.25, -0.2) is 13.2 Å². The summed E-state index contributed by atoms with van der Waals surface area (Å²) in [6.45, 7) is 0. The van der Waals surface area contributed by atoms with Crippen LogP contribution >= 0.6 is 0 Å². The van der Waals surface area contributed by atoms with E-state index in [1.54, 1.807) is 0 Å². The number of ether oxygens (including phenoxy) is 1. The Morgan fingerprint density at radius 2 is 2.00 bits per heavy atom. The molecule has 21 heavy (non-hydrogen) atoms. The molecule has 0 atom stereocenters. The summed E-state index contributed by atoms with van der Waals surface area (Å²) >= 11 is 0. The first-order valence-electron chi connectivity index (χ1n) is 6.16. The van der Waals surface area contributed by atoms with E-state index in [-0.39, 0.29) is 40.7 Å². The molecule has 1 aromatic rings. The number of hydrogen-bond donors (Lipinski definition) is 2. The molecule has 0 aliphatic rings. The first kappa shape index (κ1) is 17.0. The van der Waals surface area contributed by atoms with Gasteiger partial charge in [0.05, 0.1) is 17.8 Å². The maximum atomic E-state index is 12.1. The smallest absolute Gasteiger partial charge is 0.339 e. The van der Waals surface area contributed by atoms with Crippen LogP contribution in [0.2, 0.25) is 0 Å². The van der Waals surface area contributed by atoms with Crippen LogP contribution in [0.15, 0.2) is 23.1 Å². The van der Waals surface area contributed by atoms with Crippen LogP contribution in [-0.2, 0) is 14.6 Å². The van der Waals surface area contributed by atoms with Crippen LogP contribution in [-0.4, -0.2) is 45.3 Å². The normalized spacial score (nSPS) is 11.0. The lowest BCUT2D eigenvalue weighted by molar-refractivity contribution is -0.120. The summed E-state index contributed by atoms with van der Waals surface area (Å²) in [5.41, 5.74) is -0.218. The molecule has 0 saturated carbocycles. The Labute approximate surface area is 122 Å². The average molecular weight is 315 g/mol. The van der Waals surface area contributed by atoms with Gasteiger partial charge in [0.25, 0.3) is 0 Å². The fourth-order valence-electron chi connectivity index (χ4n) is 1.71. The van der Waals surface area contributed by atoms with E-state index in [1.165, 1.54) is 26.3 Å². The Morgan fingerprint density at radius 1 is 1.33 bits per heavy atom. The zero-order valence-corrected chi connectivity index (χ0v) is 12.6. The number of carbonyl (C=O) groups excluding carboxylic acids is 1. The minimum Gasteiger partial charge on any atom is -0.496 e. The minimum absolute atomic E-state index is 0.0896. The van der Waals surface area contributed by atoms with E-state index >= 15 is 0 Å². The number of hydrogen-bond acceptors (Lipinski definition) is 5. The summed E-state index contributed by atoms with van der Waals surface area (Å²) in [4.78, 5) is 22.0. The number of aromatic carboxylic acids is 1. The highest BCUT2D eigenvalue weighted by Crippen LogP contribution is 2.23. The molecule has 1 amide bonds. The van der Waals surface area contributed by atoms with Crippen molar-refractivity contribution in [2.24, 2.45) is 0 Å². The Hall–Kier alpha value is -2.09. The number of carbonyl (C=O) groups is 2. The number of rotatable bonds is 7. The van der Waals surface area contributed by atoms with Crippen LogP contribution in [0.5, 0.6) is 5.75 Å². The highest BCUT2D eigenvalue weighted by atomic mass is 32.2. The van der Waals surface area contributed by atoms with E-state index in [1.807, 2.05) is 0 Å². The van der Waals surface area contributed by atoms with Gasteiger partial charge in [-0.1, -0.05) is 0 Å². The topological polar surface area (TPSA) is 110 Å². The van der Waals surface area contributed by atoms with Crippen LogP contribution in [0.1, 0.15) is 23.2 Å². The molecule has 8 heteroatoms. The van der Waals surface area contributed by atoms with E-state index in [2.05, 4.69) is 5.32 Å². The van der Waals surface area contributed by atoms with Gasteiger partial charge in [-0.2, -0.15) is 0 Å². The second kappa shape index (κ2) is 7.07. The van der Waals surface area contributed by atoms with E-state index in [9.17, 15) is 18.0 Å². The van der Waals surface area contributed by atoms with E-state index < -0.39 is 15.8 Å². The molecule has 0 radical (unpaired) electrons. The third-order valence-electron chi connectivity index (χ3n) is 2.86. The zero-order chi connectivity index (χ0) is 16.0. The first-order chi connectivity index (χ1) is 9.81. The van der Waals surface area contributed by atoms with Gasteiger partial charge in [-0.05, 0) is 24.6 Å². The number of sulfone groups is 1. The van der Waals surface area contributed by atoms with Crippen molar-refractivity contribution < 1.29 is 27.9 Å². The fourth-order valence-corrected chi connectivity index (χ4v) is 3.05. The predicted molar refractivity (Wildman–Crippen MR) is 75.3 cm³/mol. The second-order valence-corrected chi connectivity index (χ2v) is 6.37. The van der Waals surface area contributed by atoms with Crippen molar-refractivity contribution in [3.05, 3.63) is 23.8 Å². The molecule has 2 N–H and O–H groups in total. The van der Waals surface area contributed by atoms with Crippen molar-refractivity contribution in [2.45, 2.75) is 17.7 Å². The maximum absolute atomic E-state index is 12.1. The van der Waals surface area contributed by atoms with Gasteiger partial charge in [0.1, 0.15) is 11.3 Å². The van der Waals surface area contributed by atoms with E-state index in [0.29, 0.717) is 0 Å². The standard InChI is InChI=1S/C13H17NO6S/c1-14-12(15)4-3-7-21(18,19)9-5-6-11(20-2)10(8-9)13(16)17/h5-6,8H,3-4,7H2,1-2H3,(H,14,15)(H,16,17). The monoisotopic (exact) mass is 315 g/mol. The van der Waals surface area contributed by atoms with Crippen molar-refractivity contribution in [3.63, 3.8) is 0 Å². The molecule has 116 valence electrons. The molecule has 0 bridgehead atoms. The SMILES string of the molecule is CNC(=O)CCCS(=O)(=O)c1ccc(OC)c(C(=O)O)c1. The minimum atomic E-state index is -3.64. The summed E-state index contributed by atoms with van der Waals surface area (Å²) in [6, 6.07) is 3.66. The lowest BCUT2D eigenvalue weighted by atomic mass is 10.2. The lowest BCUT2D eigenvalue weighted by Crippen LogP contribution is -2.18. The molecular formula is C13H17NO6S. The molecule has 1 rings (SSSR count). The summed E-state index contributed by atoms with van der Waals surface area (Å²) in [5, 5.41) is 11.4. The van der Waals surface area contributed by atoms with Crippen molar-refractivity contribution in [1.29, 1.82) is 0 Å². The Kier molecular flexibility index (Phi) is 5.71. The average Bonchev–Trinajstić information content (AvgIpc) is 2.45. The van der Waals surface area contributed by atoms with Gasteiger partial charge in [0.15, 0.2) is 9.84 Å². The fraction of sp³-hybridized carbons (Fsp3) is 0.385. The van der Waals surface area contributed by atoms with E-state index in [0.717, 1.165) is 6.07 Å². The van der Waals surface area contributed by atoms with Gasteiger partial charge >= 0.3 is 5.97 Å². The highest BCUT2D eigenvalue weighted by Gasteiger charge is 2.19. The number of carboxylic acids is 1. The van der Waals surface area contributed by atoms with Crippen LogP contribution in [0.3, 0.4) is 0 Å². The van der Waals surface area contributed by atoms with Crippen LogP contribution in [0.25, 0.3) is 0 Å². The second-order valence-electron chi connectivity index (χ2n) is 4.26. The number of amides is 1. The highest BCUT2D eigenvalue weighted by molar-refractivity contribution is 7.91. The number of nitrogens with one attached hydrogen (secondary N) is 1. The van der Waals surface area contributed by atoms with E-state index in [4.69, 9.17) is 9.84 Å². The Morgan fingerprint density at radius 3 is 2.52 bits per heavy atom. The summed E-state index contributed by atoms with van der Waals surface area (Å²) in [6.07, 6.45) is 0.258. The zero-order valence-electron chi connectivity index (χ0n) is 11.8. The summed E-state index contributed by atoms with van der Waals surface area (Å²) < 4.78 is 29.1. The third kappa shape index (κ3) is 4.45. The van der Waals surface area contributed by atoms with Crippen molar-refractivity contribution in [2.75, 3.05) is 19.9 Å². The third-order valence-corrected chi connectivity index (χ3v) is 4.65. The first-order valence-corrected chi connectivity index (χ1v) is 7.81. The molecule has 0 unspecified atom stereocenters. The molecule has 0 saturated heterocycles. The quantitative estimate of drug-likeness (QED) is 0.766. The van der Waals surface area contributed by atoms with Crippen molar-refractivity contribution in [1.82, 2.24) is 5.32 Å². The van der Waals surface area contributed by atoms with Gasteiger partial charge in [-0.3, -0.25) is 4.79 Å². The molecular weight excluding hydrogens is 298 g/mol. The Bertz CT molecular complexity index is 638. The largest absolute Gasteiger partial charge is 0.496 e. The summed E-state index contributed by atoms with van der Waals surface area (Å²) in [5.74, 6) is -1.65. The van der Waals surface area contributed by atoms with Crippen molar-refractivity contribution in [3.8, 4) is 5.75 Å². The molecule has 1 aromatic carbocycles. The van der Waals surface area contributed by atoms with Gasteiger partial charge in [-0.15, -0.1) is 0 Å². The van der Waals surface area contributed by atoms with Gasteiger partial charge in [0.2, 0.25) is 5.91 Å². The number of benzene rings is 1. The predicted octanol–water partition coefficient (Wildman–Crippen LogP) is 0.693. The number of methoxy groups -OCH3 is 1. The molecule has 0 fully saturated rings. The van der Waals surface area contributed by atoms with Gasteiger partial charge < -0.3 is 15.2 Å². The van der Waals surface area contributed by atoms with Crippen LogP contribution in [0, 0.1) is 0 Å². The molecule has 0 aromatic heterocycles. The maximum Gasteiger partial charge on any atom is 0.339 e. The van der Waals surface area contributed by atoms with Crippen LogP contribution < -0.4 is 10.1 Å². The molecule has 0 heterocycles. The number of carboxylic acid groups (broad SMARTS) is 1. The Balaban J connectivity index is 2.96. The van der Waals surface area contributed by atoms with Crippen molar-refractivity contribution >= 4 is 21.7 Å². The molecule has 0 aliphatic heterocycles. The van der Waals surface area contributed by atoms with Gasteiger partial charge in [0, 0.05) is 13.5 Å². The lowest BCUT2D eigenvalue weighted by Gasteiger charge is -2.08. The molecule has 0 aliphatic carbocycles.